The molecule has 2 aliphatic heterocycles. The van der Waals surface area contributed by atoms with Gasteiger partial charge in [0.05, 0.1) is 13.2 Å². The summed E-state index contributed by atoms with van der Waals surface area (Å²) >= 11 is 0. The van der Waals surface area contributed by atoms with Crippen LogP contribution >= 0.6 is 0 Å². The second-order valence-electron chi connectivity index (χ2n) is 6.89. The standard InChI is InChI=1S/C19H25FN2O3/c20-16-6-3-7-17(11-16)25-14-15-5-4-10-21(12-15)19(24)13-22-9-2-1-8-18(22)23/h3,6-7,11,15H,1-2,4-5,8-10,12-14H2/t15-/m0/s1. The van der Waals surface area contributed by atoms with E-state index in [1.165, 1.54) is 12.1 Å². The molecule has 25 heavy (non-hydrogen) atoms. The molecule has 2 heterocycles. The summed E-state index contributed by atoms with van der Waals surface area (Å²) in [5, 5.41) is 0. The first kappa shape index (κ1) is 17.7. The van der Waals surface area contributed by atoms with E-state index in [4.69, 9.17) is 4.74 Å². The molecule has 2 saturated heterocycles. The van der Waals surface area contributed by atoms with Crippen molar-refractivity contribution in [2.24, 2.45) is 5.92 Å². The highest BCUT2D eigenvalue weighted by Crippen LogP contribution is 2.20. The number of ether oxygens (including phenoxy) is 1. The van der Waals surface area contributed by atoms with Gasteiger partial charge < -0.3 is 14.5 Å². The van der Waals surface area contributed by atoms with Crippen LogP contribution in [0.4, 0.5) is 4.39 Å². The monoisotopic (exact) mass is 348 g/mol. The van der Waals surface area contributed by atoms with Crippen LogP contribution in [0.3, 0.4) is 0 Å². The lowest BCUT2D eigenvalue weighted by molar-refractivity contribution is -0.143. The predicted octanol–water partition coefficient (Wildman–Crippen LogP) is 2.46. The molecular weight excluding hydrogens is 323 g/mol. The van der Waals surface area contributed by atoms with Gasteiger partial charge in [0.15, 0.2) is 0 Å². The average molecular weight is 348 g/mol. The maximum Gasteiger partial charge on any atom is 0.242 e. The maximum absolute atomic E-state index is 13.2. The highest BCUT2D eigenvalue weighted by Gasteiger charge is 2.27. The number of halogens is 1. The van der Waals surface area contributed by atoms with Crippen LogP contribution in [0, 0.1) is 11.7 Å². The minimum absolute atomic E-state index is 0.0192. The Kier molecular flexibility index (Phi) is 5.89. The van der Waals surface area contributed by atoms with Gasteiger partial charge in [-0.25, -0.2) is 4.39 Å². The third-order valence-electron chi connectivity index (χ3n) is 4.90. The van der Waals surface area contributed by atoms with Crippen molar-refractivity contribution in [1.82, 2.24) is 9.80 Å². The van der Waals surface area contributed by atoms with E-state index >= 15 is 0 Å². The molecule has 6 heteroatoms. The minimum Gasteiger partial charge on any atom is -0.493 e. The SMILES string of the molecule is O=C1CCCCN1CC(=O)N1CCC[C@H](COc2cccc(F)c2)C1. The molecule has 0 N–H and O–H groups in total. The lowest BCUT2D eigenvalue weighted by Gasteiger charge is -2.35. The van der Waals surface area contributed by atoms with Crippen molar-refractivity contribution in [3.63, 3.8) is 0 Å². The number of carbonyl (C=O) groups is 2. The van der Waals surface area contributed by atoms with Crippen molar-refractivity contribution < 1.29 is 18.7 Å². The van der Waals surface area contributed by atoms with Gasteiger partial charge in [-0.15, -0.1) is 0 Å². The van der Waals surface area contributed by atoms with Gasteiger partial charge in [-0.2, -0.15) is 0 Å². The molecule has 2 fully saturated rings. The normalized spacial score (nSPS) is 21.3. The first-order chi connectivity index (χ1) is 12.1. The van der Waals surface area contributed by atoms with Gasteiger partial charge in [0.1, 0.15) is 11.6 Å². The van der Waals surface area contributed by atoms with E-state index in [9.17, 15) is 14.0 Å². The molecule has 0 aromatic heterocycles. The summed E-state index contributed by atoms with van der Waals surface area (Å²) in [5.74, 6) is 0.540. The van der Waals surface area contributed by atoms with E-state index in [1.807, 2.05) is 4.90 Å². The molecule has 0 bridgehead atoms. The second kappa shape index (κ2) is 8.32. The number of carbonyl (C=O) groups excluding carboxylic acids is 2. The lowest BCUT2D eigenvalue weighted by Crippen LogP contribution is -2.48. The summed E-state index contributed by atoms with van der Waals surface area (Å²) in [4.78, 5) is 27.9. The van der Waals surface area contributed by atoms with E-state index < -0.39 is 0 Å². The minimum atomic E-state index is -0.316. The average Bonchev–Trinajstić information content (AvgIpc) is 2.62. The number of amides is 2. The molecule has 136 valence electrons. The molecule has 5 nitrogen and oxygen atoms in total. The molecule has 3 rings (SSSR count). The summed E-state index contributed by atoms with van der Waals surface area (Å²) in [6, 6.07) is 6.11. The molecule has 0 saturated carbocycles. The zero-order valence-corrected chi connectivity index (χ0v) is 14.5. The van der Waals surface area contributed by atoms with Crippen LogP contribution in [0.5, 0.6) is 5.75 Å². The van der Waals surface area contributed by atoms with Crippen LogP contribution in [0.25, 0.3) is 0 Å². The van der Waals surface area contributed by atoms with Crippen LogP contribution in [0.2, 0.25) is 0 Å². The van der Waals surface area contributed by atoms with Gasteiger partial charge in [0, 0.05) is 38.0 Å². The van der Waals surface area contributed by atoms with Crippen molar-refractivity contribution in [2.45, 2.75) is 32.1 Å². The highest BCUT2D eigenvalue weighted by molar-refractivity contribution is 5.85. The first-order valence-electron chi connectivity index (χ1n) is 9.06. The van der Waals surface area contributed by atoms with Crippen LogP contribution in [0.15, 0.2) is 24.3 Å². The second-order valence-corrected chi connectivity index (χ2v) is 6.89. The van der Waals surface area contributed by atoms with Crippen LogP contribution in [0.1, 0.15) is 32.1 Å². The van der Waals surface area contributed by atoms with E-state index in [2.05, 4.69) is 0 Å². The van der Waals surface area contributed by atoms with Crippen molar-refractivity contribution in [3.8, 4) is 5.75 Å². The Morgan fingerprint density at radius 2 is 2.12 bits per heavy atom. The quantitative estimate of drug-likeness (QED) is 0.821. The van der Waals surface area contributed by atoms with E-state index in [0.29, 0.717) is 31.9 Å². The summed E-state index contributed by atoms with van der Waals surface area (Å²) in [6.07, 6.45) is 4.37. The number of rotatable bonds is 5. The zero-order valence-electron chi connectivity index (χ0n) is 14.5. The van der Waals surface area contributed by atoms with Crippen molar-refractivity contribution >= 4 is 11.8 Å². The summed E-state index contributed by atoms with van der Waals surface area (Å²) in [7, 11) is 0. The first-order valence-corrected chi connectivity index (χ1v) is 9.06. The van der Waals surface area contributed by atoms with Crippen LogP contribution in [-0.4, -0.2) is 54.4 Å². The van der Waals surface area contributed by atoms with E-state index in [1.54, 1.807) is 17.0 Å². The Hall–Kier alpha value is -2.11. The maximum atomic E-state index is 13.2. The molecular formula is C19H25FN2O3. The molecule has 0 aliphatic carbocycles. The third kappa shape index (κ3) is 4.94. The number of hydrogen-bond donors (Lipinski definition) is 0. The fourth-order valence-corrected chi connectivity index (χ4v) is 3.49. The van der Waals surface area contributed by atoms with Gasteiger partial charge in [-0.05, 0) is 37.8 Å². The van der Waals surface area contributed by atoms with Crippen molar-refractivity contribution in [2.75, 3.05) is 32.8 Å². The van der Waals surface area contributed by atoms with E-state index in [-0.39, 0.29) is 30.1 Å². The Morgan fingerprint density at radius 1 is 1.24 bits per heavy atom. The summed E-state index contributed by atoms with van der Waals surface area (Å²) < 4.78 is 18.9. The Bertz CT molecular complexity index is 622. The largest absolute Gasteiger partial charge is 0.493 e. The zero-order chi connectivity index (χ0) is 17.6. The molecule has 2 amide bonds. The van der Waals surface area contributed by atoms with Crippen LogP contribution in [-0.2, 0) is 9.59 Å². The van der Waals surface area contributed by atoms with E-state index in [0.717, 1.165) is 32.2 Å². The highest BCUT2D eigenvalue weighted by atomic mass is 19.1. The van der Waals surface area contributed by atoms with Crippen molar-refractivity contribution in [1.29, 1.82) is 0 Å². The summed E-state index contributed by atoms with van der Waals surface area (Å²) in [5.41, 5.74) is 0. The van der Waals surface area contributed by atoms with Crippen LogP contribution < -0.4 is 4.74 Å². The number of hydrogen-bond acceptors (Lipinski definition) is 3. The number of benzene rings is 1. The molecule has 2 aliphatic rings. The number of piperidine rings is 2. The molecule has 0 unspecified atom stereocenters. The predicted molar refractivity (Wildman–Crippen MR) is 91.6 cm³/mol. The van der Waals surface area contributed by atoms with Gasteiger partial charge in [-0.3, -0.25) is 9.59 Å². The van der Waals surface area contributed by atoms with Crippen molar-refractivity contribution in [3.05, 3.63) is 30.1 Å². The Labute approximate surface area is 147 Å². The topological polar surface area (TPSA) is 49.9 Å². The van der Waals surface area contributed by atoms with Gasteiger partial charge in [0.2, 0.25) is 11.8 Å². The fourth-order valence-electron chi connectivity index (χ4n) is 3.49. The lowest BCUT2D eigenvalue weighted by atomic mass is 9.99. The Balaban J connectivity index is 1.48. The fraction of sp³-hybridized carbons (Fsp3) is 0.579. The Morgan fingerprint density at radius 3 is 2.92 bits per heavy atom. The molecule has 0 spiro atoms. The van der Waals surface area contributed by atoms with Gasteiger partial charge in [-0.1, -0.05) is 6.07 Å². The summed E-state index contributed by atoms with van der Waals surface area (Å²) in [6.45, 7) is 2.71. The molecule has 0 radical (unpaired) electrons. The van der Waals surface area contributed by atoms with Gasteiger partial charge in [0.25, 0.3) is 0 Å². The number of likely N-dealkylation sites (tertiary alicyclic amines) is 2. The molecule has 1 aromatic rings. The number of nitrogens with zero attached hydrogens (tertiary/aromatic N) is 2. The van der Waals surface area contributed by atoms with Gasteiger partial charge >= 0.3 is 0 Å². The molecule has 1 aromatic carbocycles. The third-order valence-corrected chi connectivity index (χ3v) is 4.90. The smallest absolute Gasteiger partial charge is 0.242 e. The molecule has 1 atom stereocenters.